The first kappa shape index (κ1) is 15.8. The third-order valence-electron chi connectivity index (χ3n) is 2.43. The second-order valence-electron chi connectivity index (χ2n) is 3.96. The number of halogens is 2. The van der Waals surface area contributed by atoms with Crippen LogP contribution >= 0.6 is 0 Å². The fourth-order valence-corrected chi connectivity index (χ4v) is 1.46. The van der Waals surface area contributed by atoms with Crippen molar-refractivity contribution in [2.75, 3.05) is 25.5 Å². The monoisotopic (exact) mass is 287 g/mol. The molecule has 1 aromatic rings. The van der Waals surface area contributed by atoms with Gasteiger partial charge in [0.05, 0.1) is 11.3 Å². The SMILES string of the molecule is CNCCCNC(=O)Nc1cc(F)c(F)cc1C(=O)O. The second-order valence-corrected chi connectivity index (χ2v) is 3.96. The summed E-state index contributed by atoms with van der Waals surface area (Å²) in [6, 6.07) is 0.467. The zero-order chi connectivity index (χ0) is 15.1. The highest BCUT2D eigenvalue weighted by Gasteiger charge is 2.16. The minimum Gasteiger partial charge on any atom is -0.478 e. The van der Waals surface area contributed by atoms with Gasteiger partial charge in [0.25, 0.3) is 0 Å². The molecule has 0 heterocycles. The lowest BCUT2D eigenvalue weighted by Gasteiger charge is -2.10. The highest BCUT2D eigenvalue weighted by atomic mass is 19.2. The third-order valence-corrected chi connectivity index (χ3v) is 2.43. The normalized spacial score (nSPS) is 10.2. The molecule has 110 valence electrons. The van der Waals surface area contributed by atoms with Gasteiger partial charge in [-0.15, -0.1) is 0 Å². The Morgan fingerprint density at radius 1 is 1.20 bits per heavy atom. The summed E-state index contributed by atoms with van der Waals surface area (Å²) in [6.07, 6.45) is 0.674. The number of amides is 2. The molecular weight excluding hydrogens is 272 g/mol. The maximum atomic E-state index is 13.1. The van der Waals surface area contributed by atoms with Crippen LogP contribution in [0.2, 0.25) is 0 Å². The van der Waals surface area contributed by atoms with Gasteiger partial charge in [-0.2, -0.15) is 0 Å². The minimum absolute atomic E-state index is 0.303. The summed E-state index contributed by atoms with van der Waals surface area (Å²) >= 11 is 0. The molecule has 0 atom stereocenters. The predicted molar refractivity (Wildman–Crippen MR) is 68.9 cm³/mol. The maximum Gasteiger partial charge on any atom is 0.337 e. The number of anilines is 1. The van der Waals surface area contributed by atoms with Crippen LogP contribution in [0.3, 0.4) is 0 Å². The van der Waals surface area contributed by atoms with Crippen LogP contribution in [-0.2, 0) is 0 Å². The summed E-state index contributed by atoms with van der Waals surface area (Å²) < 4.78 is 26.0. The quantitative estimate of drug-likeness (QED) is 0.595. The van der Waals surface area contributed by atoms with E-state index in [4.69, 9.17) is 5.11 Å². The van der Waals surface area contributed by atoms with Crippen molar-refractivity contribution in [2.24, 2.45) is 0 Å². The molecule has 0 aliphatic carbocycles. The molecule has 0 saturated heterocycles. The lowest BCUT2D eigenvalue weighted by atomic mass is 10.1. The molecule has 0 aromatic heterocycles. The molecule has 8 heteroatoms. The van der Waals surface area contributed by atoms with Gasteiger partial charge in [0, 0.05) is 12.6 Å². The first-order valence-electron chi connectivity index (χ1n) is 5.87. The lowest BCUT2D eigenvalue weighted by molar-refractivity contribution is 0.0697. The molecule has 1 aromatic carbocycles. The molecule has 0 aliphatic heterocycles. The largest absolute Gasteiger partial charge is 0.478 e. The predicted octanol–water partition coefficient (Wildman–Crippen LogP) is 1.39. The zero-order valence-corrected chi connectivity index (χ0v) is 10.8. The van der Waals surface area contributed by atoms with Gasteiger partial charge in [0.1, 0.15) is 0 Å². The molecule has 2 amide bonds. The summed E-state index contributed by atoms with van der Waals surface area (Å²) in [5, 5.41) is 16.4. The maximum absolute atomic E-state index is 13.1. The van der Waals surface area contributed by atoms with Crippen molar-refractivity contribution in [3.8, 4) is 0 Å². The minimum atomic E-state index is -1.46. The van der Waals surface area contributed by atoms with E-state index in [9.17, 15) is 18.4 Å². The molecule has 0 radical (unpaired) electrons. The highest BCUT2D eigenvalue weighted by Crippen LogP contribution is 2.20. The van der Waals surface area contributed by atoms with E-state index in [0.717, 1.165) is 0 Å². The molecule has 1 rings (SSSR count). The number of carbonyl (C=O) groups excluding carboxylic acids is 1. The number of hydrogen-bond donors (Lipinski definition) is 4. The number of carbonyl (C=O) groups is 2. The van der Waals surface area contributed by atoms with Gasteiger partial charge >= 0.3 is 12.0 Å². The Bertz CT molecular complexity index is 509. The average molecular weight is 287 g/mol. The summed E-state index contributed by atoms with van der Waals surface area (Å²) in [5.41, 5.74) is -0.822. The number of carboxylic acids is 1. The average Bonchev–Trinajstić information content (AvgIpc) is 2.38. The fraction of sp³-hybridized carbons (Fsp3) is 0.333. The summed E-state index contributed by atoms with van der Waals surface area (Å²) in [4.78, 5) is 22.4. The Morgan fingerprint density at radius 3 is 2.45 bits per heavy atom. The van der Waals surface area contributed by atoms with Crippen LogP contribution in [0.1, 0.15) is 16.8 Å². The van der Waals surface area contributed by atoms with Gasteiger partial charge in [-0.1, -0.05) is 0 Å². The van der Waals surface area contributed by atoms with Gasteiger partial charge in [0.15, 0.2) is 11.6 Å². The standard InChI is InChI=1S/C12H15F2N3O3/c1-15-3-2-4-16-12(20)17-10-6-9(14)8(13)5-7(10)11(18)19/h5-6,15H,2-4H2,1H3,(H,18,19)(H2,16,17,20). The van der Waals surface area contributed by atoms with E-state index in [1.54, 1.807) is 7.05 Å². The second kappa shape index (κ2) is 7.39. The molecule has 0 spiro atoms. The van der Waals surface area contributed by atoms with Gasteiger partial charge in [-0.25, -0.2) is 18.4 Å². The van der Waals surface area contributed by atoms with Crippen LogP contribution in [0.5, 0.6) is 0 Å². The fourth-order valence-electron chi connectivity index (χ4n) is 1.46. The van der Waals surface area contributed by atoms with Gasteiger partial charge in [-0.3, -0.25) is 0 Å². The molecule has 6 nitrogen and oxygen atoms in total. The first-order valence-corrected chi connectivity index (χ1v) is 5.87. The number of rotatable bonds is 6. The molecule has 0 unspecified atom stereocenters. The van der Waals surface area contributed by atoms with Crippen LogP contribution in [0, 0.1) is 11.6 Å². The molecule has 4 N–H and O–H groups in total. The van der Waals surface area contributed by atoms with Gasteiger partial charge in [0.2, 0.25) is 0 Å². The Hall–Kier alpha value is -2.22. The number of carboxylic acid groups (broad SMARTS) is 1. The Labute approximate surface area is 114 Å². The first-order chi connectivity index (χ1) is 9.45. The van der Waals surface area contributed by atoms with Gasteiger partial charge in [-0.05, 0) is 26.1 Å². The molecule has 0 fully saturated rings. The summed E-state index contributed by atoms with van der Waals surface area (Å²) in [6.45, 7) is 1.06. The van der Waals surface area contributed by atoms with E-state index in [1.807, 2.05) is 0 Å². The molecule has 0 aliphatic rings. The Kier molecular flexibility index (Phi) is 5.85. The van der Waals surface area contributed by atoms with E-state index >= 15 is 0 Å². The van der Waals surface area contributed by atoms with Crippen molar-refractivity contribution < 1.29 is 23.5 Å². The van der Waals surface area contributed by atoms with Crippen LogP contribution in [-0.4, -0.2) is 37.2 Å². The number of hydrogen-bond acceptors (Lipinski definition) is 3. The summed E-state index contributed by atoms with van der Waals surface area (Å²) in [7, 11) is 1.76. The lowest BCUT2D eigenvalue weighted by Crippen LogP contribution is -2.31. The molecule has 0 saturated carbocycles. The van der Waals surface area contributed by atoms with Crippen molar-refractivity contribution in [1.29, 1.82) is 0 Å². The molecular formula is C12H15F2N3O3. The van der Waals surface area contributed by atoms with Gasteiger partial charge < -0.3 is 21.1 Å². The molecule has 20 heavy (non-hydrogen) atoms. The number of benzene rings is 1. The molecule has 0 bridgehead atoms. The van der Waals surface area contributed by atoms with E-state index in [2.05, 4.69) is 16.0 Å². The van der Waals surface area contributed by atoms with Crippen molar-refractivity contribution in [3.05, 3.63) is 29.3 Å². The highest BCUT2D eigenvalue weighted by molar-refractivity contribution is 6.00. The number of urea groups is 1. The number of aromatic carboxylic acids is 1. The van der Waals surface area contributed by atoms with Crippen molar-refractivity contribution >= 4 is 17.7 Å². The van der Waals surface area contributed by atoms with Crippen LogP contribution in [0.15, 0.2) is 12.1 Å². The van der Waals surface area contributed by atoms with Crippen molar-refractivity contribution in [2.45, 2.75) is 6.42 Å². The van der Waals surface area contributed by atoms with Crippen molar-refractivity contribution in [1.82, 2.24) is 10.6 Å². The Morgan fingerprint density at radius 2 is 1.85 bits per heavy atom. The summed E-state index contributed by atoms with van der Waals surface area (Å²) in [5.74, 6) is -3.99. The van der Waals surface area contributed by atoms with E-state index in [0.29, 0.717) is 31.6 Å². The van der Waals surface area contributed by atoms with E-state index < -0.39 is 29.2 Å². The van der Waals surface area contributed by atoms with Crippen LogP contribution < -0.4 is 16.0 Å². The van der Waals surface area contributed by atoms with E-state index in [-0.39, 0.29) is 5.69 Å². The topological polar surface area (TPSA) is 90.5 Å². The van der Waals surface area contributed by atoms with Crippen LogP contribution in [0.4, 0.5) is 19.3 Å². The number of nitrogens with one attached hydrogen (secondary N) is 3. The third kappa shape index (κ3) is 4.47. The van der Waals surface area contributed by atoms with Crippen molar-refractivity contribution in [3.63, 3.8) is 0 Å². The van der Waals surface area contributed by atoms with Crippen LogP contribution in [0.25, 0.3) is 0 Å². The van der Waals surface area contributed by atoms with E-state index in [1.165, 1.54) is 0 Å². The zero-order valence-electron chi connectivity index (χ0n) is 10.8. The smallest absolute Gasteiger partial charge is 0.337 e. The Balaban J connectivity index is 2.73.